The Kier molecular flexibility index (Phi) is 6.04. The Morgan fingerprint density at radius 3 is 2.91 bits per heavy atom. The zero-order valence-corrected chi connectivity index (χ0v) is 14.2. The minimum atomic E-state index is -0.567. The molecule has 23 heavy (non-hydrogen) atoms. The van der Waals surface area contributed by atoms with Crippen LogP contribution >= 0.6 is 23.4 Å². The maximum Gasteiger partial charge on any atom is 0.365 e. The molecule has 0 aromatic heterocycles. The van der Waals surface area contributed by atoms with Crippen molar-refractivity contribution in [2.45, 2.75) is 24.6 Å². The highest BCUT2D eigenvalue weighted by atomic mass is 35.5. The summed E-state index contributed by atoms with van der Waals surface area (Å²) in [4.78, 5) is 37.3. The zero-order valence-electron chi connectivity index (χ0n) is 12.7. The Balaban J connectivity index is 2.00. The number of imide groups is 1. The van der Waals surface area contributed by atoms with Crippen LogP contribution in [0.15, 0.2) is 24.3 Å². The van der Waals surface area contributed by atoms with Gasteiger partial charge < -0.3 is 10.5 Å². The van der Waals surface area contributed by atoms with Gasteiger partial charge in [0.2, 0.25) is 11.8 Å². The second kappa shape index (κ2) is 7.81. The van der Waals surface area contributed by atoms with E-state index in [0.717, 1.165) is 4.90 Å². The molecule has 2 atom stereocenters. The molecule has 124 valence electrons. The smallest absolute Gasteiger partial charge is 0.365 e. The highest BCUT2D eigenvalue weighted by molar-refractivity contribution is 8.00. The van der Waals surface area contributed by atoms with Crippen LogP contribution in [0.1, 0.15) is 13.3 Å². The van der Waals surface area contributed by atoms with Gasteiger partial charge in [-0.2, -0.15) is 0 Å². The lowest BCUT2D eigenvalue weighted by Gasteiger charge is -2.15. The van der Waals surface area contributed by atoms with E-state index in [9.17, 15) is 14.4 Å². The lowest BCUT2D eigenvalue weighted by atomic mass is 10.3. The highest BCUT2D eigenvalue weighted by Crippen LogP contribution is 2.30. The third-order valence-corrected chi connectivity index (χ3v) is 4.89. The minimum Gasteiger partial charge on any atom is -0.462 e. The van der Waals surface area contributed by atoms with Gasteiger partial charge in [0, 0.05) is 11.4 Å². The van der Waals surface area contributed by atoms with Crippen LogP contribution in [0.3, 0.4) is 0 Å². The first kappa shape index (κ1) is 17.8. The molecule has 6 nitrogen and oxygen atoms in total. The van der Waals surface area contributed by atoms with Gasteiger partial charge in [0.25, 0.3) is 0 Å². The van der Waals surface area contributed by atoms with Crippen molar-refractivity contribution in [3.63, 3.8) is 0 Å². The van der Waals surface area contributed by atoms with Gasteiger partial charge in [-0.15, -0.1) is 11.8 Å². The first-order chi connectivity index (χ1) is 10.9. The van der Waals surface area contributed by atoms with E-state index in [1.807, 2.05) is 0 Å². The van der Waals surface area contributed by atoms with E-state index >= 15 is 0 Å². The van der Waals surface area contributed by atoms with Crippen molar-refractivity contribution in [2.24, 2.45) is 0 Å². The fourth-order valence-corrected chi connectivity index (χ4v) is 3.47. The Morgan fingerprint density at radius 1 is 1.52 bits per heavy atom. The number of esters is 1. The average molecular weight is 358 g/mol. The van der Waals surface area contributed by atoms with Gasteiger partial charge in [0.1, 0.15) is 0 Å². The summed E-state index contributed by atoms with van der Waals surface area (Å²) in [6, 6.07) is 6.04. The summed E-state index contributed by atoms with van der Waals surface area (Å²) in [6.07, 6.45) is 0.103. The number of halogens is 1. The molecule has 0 spiro atoms. The van der Waals surface area contributed by atoms with Crippen LogP contribution in [0.4, 0.5) is 5.69 Å². The summed E-state index contributed by atoms with van der Waals surface area (Å²) in [5, 5.41) is -0.0560. The maximum atomic E-state index is 12.4. The molecule has 0 bridgehead atoms. The molecule has 0 saturated carbocycles. The van der Waals surface area contributed by atoms with Gasteiger partial charge in [0.15, 0.2) is 6.04 Å². The third kappa shape index (κ3) is 4.25. The van der Waals surface area contributed by atoms with Crippen LogP contribution in [0.25, 0.3) is 0 Å². The number of anilines is 1. The summed E-state index contributed by atoms with van der Waals surface area (Å²) in [5.41, 5.74) is 4.19. The molecule has 0 unspecified atom stereocenters. The highest BCUT2D eigenvalue weighted by Gasteiger charge is 2.40. The largest absolute Gasteiger partial charge is 0.462 e. The first-order valence-corrected chi connectivity index (χ1v) is 8.60. The molecule has 0 radical (unpaired) electrons. The van der Waals surface area contributed by atoms with Gasteiger partial charge in [-0.05, 0) is 25.1 Å². The van der Waals surface area contributed by atoms with Crippen molar-refractivity contribution in [3.8, 4) is 0 Å². The third-order valence-electron chi connectivity index (χ3n) is 3.29. The standard InChI is InChI=1S/C15H17ClN2O4S/c1-2-22-15(21)11(17)8-23-12-7-13(19)18(14(12)20)10-5-3-4-9(16)6-10/h3-6,11-12H,2,7-8,17H2,1H3/p+1/t11-,12+/m0/s1. The first-order valence-electron chi connectivity index (χ1n) is 7.17. The number of rotatable bonds is 6. The Bertz CT molecular complexity index is 625. The number of ether oxygens (including phenoxy) is 1. The SMILES string of the molecule is CCOC(=O)[C@@H]([NH3+])CS[C@@H]1CC(=O)N(c2cccc(Cl)c2)C1=O. The molecule has 1 heterocycles. The summed E-state index contributed by atoms with van der Waals surface area (Å²) in [7, 11) is 0. The van der Waals surface area contributed by atoms with Gasteiger partial charge >= 0.3 is 5.97 Å². The molecule has 1 aliphatic heterocycles. The molecule has 1 aromatic rings. The second-order valence-corrected chi connectivity index (χ2v) is 6.69. The van der Waals surface area contributed by atoms with Crippen molar-refractivity contribution in [2.75, 3.05) is 17.3 Å². The van der Waals surface area contributed by atoms with Crippen LogP contribution in [-0.2, 0) is 19.1 Å². The number of carbonyl (C=O) groups excluding carboxylic acids is 3. The number of thioether (sulfide) groups is 1. The van der Waals surface area contributed by atoms with Crippen molar-refractivity contribution in [3.05, 3.63) is 29.3 Å². The molecule has 0 aliphatic carbocycles. The van der Waals surface area contributed by atoms with E-state index < -0.39 is 17.3 Å². The van der Waals surface area contributed by atoms with E-state index in [1.54, 1.807) is 31.2 Å². The molecule has 1 saturated heterocycles. The summed E-state index contributed by atoms with van der Waals surface area (Å²) in [5.74, 6) is -0.639. The van der Waals surface area contributed by atoms with Gasteiger partial charge in [-0.25, -0.2) is 9.69 Å². The number of hydrogen-bond donors (Lipinski definition) is 1. The van der Waals surface area contributed by atoms with Crippen molar-refractivity contribution in [1.29, 1.82) is 0 Å². The lowest BCUT2D eigenvalue weighted by Crippen LogP contribution is -2.66. The molecule has 1 aliphatic rings. The predicted octanol–water partition coefficient (Wildman–Crippen LogP) is 0.879. The molecular weight excluding hydrogens is 340 g/mol. The number of benzene rings is 1. The van der Waals surface area contributed by atoms with Crippen molar-refractivity contribution in [1.82, 2.24) is 0 Å². The van der Waals surface area contributed by atoms with Crippen molar-refractivity contribution < 1.29 is 24.9 Å². The van der Waals surface area contributed by atoms with E-state index in [1.165, 1.54) is 11.8 Å². The summed E-state index contributed by atoms with van der Waals surface area (Å²) < 4.78 is 4.88. The van der Waals surface area contributed by atoms with Crippen LogP contribution in [0.5, 0.6) is 0 Å². The molecule has 2 amide bonds. The molecule has 1 aromatic carbocycles. The van der Waals surface area contributed by atoms with E-state index in [2.05, 4.69) is 5.73 Å². The molecular formula is C15H18ClN2O4S+. The minimum absolute atomic E-state index is 0.103. The number of carbonyl (C=O) groups is 3. The monoisotopic (exact) mass is 357 g/mol. The predicted molar refractivity (Wildman–Crippen MR) is 88.1 cm³/mol. The molecule has 8 heteroatoms. The average Bonchev–Trinajstić information content (AvgIpc) is 2.79. The Labute approximate surface area is 143 Å². The van der Waals surface area contributed by atoms with Crippen LogP contribution in [0, 0.1) is 0 Å². The Morgan fingerprint density at radius 2 is 2.26 bits per heavy atom. The van der Waals surface area contributed by atoms with E-state index in [-0.39, 0.29) is 18.2 Å². The number of quaternary nitrogens is 1. The van der Waals surface area contributed by atoms with Gasteiger partial charge in [0.05, 0.1) is 23.3 Å². The number of hydrogen-bond acceptors (Lipinski definition) is 5. The Hall–Kier alpha value is -1.57. The maximum absolute atomic E-state index is 12.4. The summed E-state index contributed by atoms with van der Waals surface area (Å²) >= 11 is 7.16. The fraction of sp³-hybridized carbons (Fsp3) is 0.400. The molecule has 3 N–H and O–H groups in total. The quantitative estimate of drug-likeness (QED) is 0.602. The number of amides is 2. The van der Waals surface area contributed by atoms with E-state index in [0.29, 0.717) is 23.1 Å². The van der Waals surface area contributed by atoms with Crippen molar-refractivity contribution >= 4 is 46.8 Å². The van der Waals surface area contributed by atoms with Crippen LogP contribution in [-0.4, -0.2) is 41.4 Å². The number of nitrogens with zero attached hydrogens (tertiary/aromatic N) is 1. The molecule has 2 rings (SSSR count). The second-order valence-electron chi connectivity index (χ2n) is 5.02. The summed E-state index contributed by atoms with van der Waals surface area (Å²) in [6.45, 7) is 2.01. The van der Waals surface area contributed by atoms with Gasteiger partial charge in [-0.3, -0.25) is 9.59 Å². The zero-order chi connectivity index (χ0) is 17.0. The molecule has 1 fully saturated rings. The lowest BCUT2D eigenvalue weighted by molar-refractivity contribution is -0.401. The van der Waals surface area contributed by atoms with E-state index in [4.69, 9.17) is 16.3 Å². The topological polar surface area (TPSA) is 91.3 Å². The van der Waals surface area contributed by atoms with Crippen LogP contribution in [0.2, 0.25) is 5.02 Å². The normalized spacial score (nSPS) is 19.1. The van der Waals surface area contributed by atoms with Crippen LogP contribution < -0.4 is 10.6 Å². The van der Waals surface area contributed by atoms with Gasteiger partial charge in [-0.1, -0.05) is 17.7 Å². The fourth-order valence-electron chi connectivity index (χ4n) is 2.18.